The van der Waals surface area contributed by atoms with Crippen molar-refractivity contribution in [1.29, 1.82) is 0 Å². The highest BCUT2D eigenvalue weighted by molar-refractivity contribution is 5.44. The van der Waals surface area contributed by atoms with Crippen molar-refractivity contribution in [3.05, 3.63) is 65.0 Å². The van der Waals surface area contributed by atoms with Crippen molar-refractivity contribution >= 4 is 0 Å². The van der Waals surface area contributed by atoms with Gasteiger partial charge in [-0.15, -0.1) is 0 Å². The van der Waals surface area contributed by atoms with Crippen molar-refractivity contribution in [2.24, 2.45) is 0 Å². The molecule has 2 aromatic carbocycles. The van der Waals surface area contributed by atoms with Crippen LogP contribution in [0.3, 0.4) is 0 Å². The molecule has 0 saturated carbocycles. The number of nitrogens with zero attached hydrogens (tertiary/aromatic N) is 1. The minimum Gasteiger partial charge on any atom is -0.508 e. The van der Waals surface area contributed by atoms with E-state index in [2.05, 4.69) is 14.1 Å². The van der Waals surface area contributed by atoms with E-state index in [1.165, 1.54) is 18.9 Å². The van der Waals surface area contributed by atoms with Gasteiger partial charge in [-0.05, 0) is 43.9 Å². The van der Waals surface area contributed by atoms with E-state index in [4.69, 9.17) is 0 Å². The molecule has 2 nitrogen and oxygen atoms in total. The molecule has 1 fully saturated rings. The Bertz CT molecular complexity index is 741. The van der Waals surface area contributed by atoms with Crippen LogP contribution in [0.5, 0.6) is 5.75 Å². The molecule has 1 aliphatic rings. The van der Waals surface area contributed by atoms with Gasteiger partial charge in [0.1, 0.15) is 11.6 Å². The number of likely N-dealkylation sites (tertiary alicyclic amines) is 1. The summed E-state index contributed by atoms with van der Waals surface area (Å²) in [6.45, 7) is 3.18. The number of aromatic hydroxyl groups is 1. The fourth-order valence-electron chi connectivity index (χ4n) is 4.24. The van der Waals surface area contributed by atoms with Crippen LogP contribution in [0.15, 0.2) is 42.5 Å². The summed E-state index contributed by atoms with van der Waals surface area (Å²) < 4.78 is 15.6. The van der Waals surface area contributed by atoms with Gasteiger partial charge in [-0.1, -0.05) is 35.9 Å². The highest BCUT2D eigenvalue weighted by Gasteiger charge is 2.35. The van der Waals surface area contributed by atoms with Crippen LogP contribution in [-0.4, -0.2) is 36.3 Å². The number of halogens is 1. The zero-order valence-electron chi connectivity index (χ0n) is 15.5. The number of phenolic OH excluding ortho intramolecular Hbond substituents is 1. The van der Waals surface area contributed by atoms with Crippen molar-refractivity contribution in [2.75, 3.05) is 20.6 Å². The van der Waals surface area contributed by atoms with Crippen molar-refractivity contribution in [2.45, 2.75) is 44.6 Å². The maximum Gasteiger partial charge on any atom is 0.127 e. The first-order valence-electron chi connectivity index (χ1n) is 9.25. The average molecular weight is 342 g/mol. The van der Waals surface area contributed by atoms with Crippen LogP contribution < -0.4 is 0 Å². The van der Waals surface area contributed by atoms with E-state index in [0.29, 0.717) is 11.6 Å². The topological polar surface area (TPSA) is 20.2 Å². The highest BCUT2D eigenvalue weighted by Crippen LogP contribution is 2.39. The molecule has 1 heterocycles. The molecule has 0 spiro atoms. The van der Waals surface area contributed by atoms with Crippen LogP contribution in [0.2, 0.25) is 0 Å². The van der Waals surface area contributed by atoms with E-state index in [9.17, 15) is 9.50 Å². The zero-order chi connectivity index (χ0) is 18.0. The number of rotatable bonds is 4. The SMILES string of the molecule is Cc1ccc(O)c(C(CC2CCCC[N+]2(C)C)c2ccccc2F)c1. The molecule has 0 aromatic heterocycles. The second-order valence-electron chi connectivity index (χ2n) is 8.02. The van der Waals surface area contributed by atoms with Crippen molar-refractivity contribution in [3.63, 3.8) is 0 Å². The Morgan fingerprint density at radius 1 is 1.12 bits per heavy atom. The monoisotopic (exact) mass is 342 g/mol. The molecule has 25 heavy (non-hydrogen) atoms. The Morgan fingerprint density at radius 2 is 1.88 bits per heavy atom. The zero-order valence-corrected chi connectivity index (χ0v) is 15.5. The maximum atomic E-state index is 14.6. The van der Waals surface area contributed by atoms with Gasteiger partial charge in [-0.3, -0.25) is 0 Å². The predicted octanol–water partition coefficient (Wildman–Crippen LogP) is 4.99. The van der Waals surface area contributed by atoms with E-state index in [1.54, 1.807) is 12.1 Å². The fourth-order valence-corrected chi connectivity index (χ4v) is 4.24. The third-order valence-electron chi connectivity index (χ3n) is 5.86. The number of hydrogen-bond donors (Lipinski definition) is 1. The molecule has 3 heteroatoms. The van der Waals surface area contributed by atoms with Gasteiger partial charge in [0.05, 0.1) is 26.7 Å². The summed E-state index contributed by atoms with van der Waals surface area (Å²) in [7, 11) is 4.55. The molecule has 0 aliphatic carbocycles. The lowest BCUT2D eigenvalue weighted by atomic mass is 9.81. The Morgan fingerprint density at radius 3 is 2.60 bits per heavy atom. The molecule has 0 bridgehead atoms. The first kappa shape index (κ1) is 17.9. The Balaban J connectivity index is 2.03. The first-order chi connectivity index (χ1) is 11.9. The molecule has 1 saturated heterocycles. The summed E-state index contributed by atoms with van der Waals surface area (Å²) in [5.41, 5.74) is 2.62. The van der Waals surface area contributed by atoms with Gasteiger partial charge in [0.25, 0.3) is 0 Å². The van der Waals surface area contributed by atoms with E-state index < -0.39 is 0 Å². The maximum absolute atomic E-state index is 14.6. The molecule has 134 valence electrons. The van der Waals surface area contributed by atoms with E-state index in [0.717, 1.165) is 35.0 Å². The minimum absolute atomic E-state index is 0.124. The van der Waals surface area contributed by atoms with Crippen LogP contribution in [0.1, 0.15) is 48.3 Å². The normalized spacial score (nSPS) is 21.0. The highest BCUT2D eigenvalue weighted by atomic mass is 19.1. The van der Waals surface area contributed by atoms with Gasteiger partial charge in [0.15, 0.2) is 0 Å². The molecule has 2 unspecified atom stereocenters. The van der Waals surface area contributed by atoms with Gasteiger partial charge in [-0.2, -0.15) is 0 Å². The number of piperidine rings is 1. The Hall–Kier alpha value is -1.87. The van der Waals surface area contributed by atoms with Crippen LogP contribution in [0, 0.1) is 12.7 Å². The van der Waals surface area contributed by atoms with Crippen LogP contribution in [0.25, 0.3) is 0 Å². The molecular weight excluding hydrogens is 313 g/mol. The molecule has 1 N–H and O–H groups in total. The summed E-state index contributed by atoms with van der Waals surface area (Å²) in [5.74, 6) is -0.0453. The summed E-state index contributed by atoms with van der Waals surface area (Å²) in [6.07, 6.45) is 4.50. The van der Waals surface area contributed by atoms with Crippen LogP contribution in [0.4, 0.5) is 4.39 Å². The van der Waals surface area contributed by atoms with E-state index in [-0.39, 0.29) is 17.5 Å². The minimum atomic E-state index is -0.186. The van der Waals surface area contributed by atoms with Crippen LogP contribution >= 0.6 is 0 Å². The number of benzene rings is 2. The van der Waals surface area contributed by atoms with Crippen molar-refractivity contribution in [1.82, 2.24) is 0 Å². The van der Waals surface area contributed by atoms with Gasteiger partial charge >= 0.3 is 0 Å². The largest absolute Gasteiger partial charge is 0.508 e. The van der Waals surface area contributed by atoms with Gasteiger partial charge < -0.3 is 9.59 Å². The van der Waals surface area contributed by atoms with Gasteiger partial charge in [-0.25, -0.2) is 4.39 Å². The Kier molecular flexibility index (Phi) is 5.14. The Labute approximate surface area is 150 Å². The predicted molar refractivity (Wildman–Crippen MR) is 100 cm³/mol. The summed E-state index contributed by atoms with van der Waals surface area (Å²) in [5, 5.41) is 10.5. The smallest absolute Gasteiger partial charge is 0.127 e. The van der Waals surface area contributed by atoms with Gasteiger partial charge in [0.2, 0.25) is 0 Å². The molecule has 2 aromatic rings. The molecule has 3 rings (SSSR count). The molecule has 1 aliphatic heterocycles. The lowest BCUT2D eigenvalue weighted by Crippen LogP contribution is -2.52. The van der Waals surface area contributed by atoms with Gasteiger partial charge in [0, 0.05) is 17.9 Å². The second kappa shape index (κ2) is 7.17. The molecule has 0 radical (unpaired) electrons. The van der Waals surface area contributed by atoms with E-state index in [1.807, 2.05) is 31.2 Å². The lowest BCUT2D eigenvalue weighted by molar-refractivity contribution is -0.920. The standard InChI is InChI=1S/C22H28FNO/c1-16-11-12-22(25)20(14-16)19(18-9-4-5-10-21(18)23)15-17-8-6-7-13-24(17,2)3/h4-5,9-12,14,17,19H,6-8,13,15H2,1-3H3/p+1. The fraction of sp³-hybridized carbons (Fsp3) is 0.455. The third-order valence-corrected chi connectivity index (χ3v) is 5.86. The number of phenols is 1. The first-order valence-corrected chi connectivity index (χ1v) is 9.25. The van der Waals surface area contributed by atoms with Crippen molar-refractivity contribution in [3.8, 4) is 5.75 Å². The second-order valence-corrected chi connectivity index (χ2v) is 8.02. The number of quaternary nitrogens is 1. The summed E-state index contributed by atoms with van der Waals surface area (Å²) in [6, 6.07) is 13.1. The molecular formula is C22H29FNO+. The third kappa shape index (κ3) is 3.87. The summed E-state index contributed by atoms with van der Waals surface area (Å²) >= 11 is 0. The molecule has 0 amide bonds. The lowest BCUT2D eigenvalue weighted by Gasteiger charge is -2.43. The van der Waals surface area contributed by atoms with Crippen LogP contribution in [-0.2, 0) is 0 Å². The molecule has 2 atom stereocenters. The number of hydrogen-bond acceptors (Lipinski definition) is 1. The van der Waals surface area contributed by atoms with E-state index >= 15 is 0 Å². The average Bonchev–Trinajstić information content (AvgIpc) is 2.57. The quantitative estimate of drug-likeness (QED) is 0.776. The summed E-state index contributed by atoms with van der Waals surface area (Å²) in [4.78, 5) is 0. The number of aryl methyl sites for hydroxylation is 1. The van der Waals surface area contributed by atoms with Crippen molar-refractivity contribution < 1.29 is 14.0 Å².